The zero-order valence-corrected chi connectivity index (χ0v) is 13.7. The summed E-state index contributed by atoms with van der Waals surface area (Å²) >= 11 is 0. The molecule has 130 valence electrons. The molecule has 7 nitrogen and oxygen atoms in total. The molecule has 0 atom stereocenters. The monoisotopic (exact) mass is 358 g/mol. The molecular formula is C20H10N2O5. The van der Waals surface area contributed by atoms with Gasteiger partial charge in [0.25, 0.3) is 11.4 Å². The zero-order chi connectivity index (χ0) is 18.7. The quantitative estimate of drug-likeness (QED) is 0.297. The number of non-ortho nitro benzene ring substituents is 2. The normalized spacial score (nSPS) is 11.6. The molecule has 0 aliphatic carbocycles. The lowest BCUT2D eigenvalue weighted by molar-refractivity contribution is -0.384. The number of furan rings is 1. The minimum Gasteiger partial charge on any atom is -0.455 e. The molecule has 0 N–H and O–H groups in total. The molecule has 0 amide bonds. The topological polar surface area (TPSA) is 99.4 Å². The molecule has 0 fully saturated rings. The molecule has 7 heteroatoms. The van der Waals surface area contributed by atoms with Crippen LogP contribution in [0, 0.1) is 20.2 Å². The first-order chi connectivity index (χ1) is 13.0. The van der Waals surface area contributed by atoms with Crippen molar-refractivity contribution < 1.29 is 14.3 Å². The number of nitro groups is 2. The van der Waals surface area contributed by atoms with Gasteiger partial charge in [0, 0.05) is 40.4 Å². The highest BCUT2D eigenvalue weighted by Crippen LogP contribution is 2.39. The number of hydrogen-bond acceptors (Lipinski definition) is 5. The van der Waals surface area contributed by atoms with Gasteiger partial charge in [-0.1, -0.05) is 12.1 Å². The minimum absolute atomic E-state index is 0.00376. The lowest BCUT2D eigenvalue weighted by atomic mass is 10.0. The molecule has 0 radical (unpaired) electrons. The predicted molar refractivity (Wildman–Crippen MR) is 102 cm³/mol. The Labute approximate surface area is 150 Å². The fraction of sp³-hybridized carbons (Fsp3) is 0. The molecule has 27 heavy (non-hydrogen) atoms. The maximum atomic E-state index is 11.1. The fourth-order valence-corrected chi connectivity index (χ4v) is 3.58. The number of nitro benzene ring substituents is 2. The zero-order valence-electron chi connectivity index (χ0n) is 13.7. The summed E-state index contributed by atoms with van der Waals surface area (Å²) in [6, 6.07) is 16.7. The summed E-state index contributed by atoms with van der Waals surface area (Å²) in [6.07, 6.45) is 0. The van der Waals surface area contributed by atoms with Crippen molar-refractivity contribution in [1.82, 2.24) is 0 Å². The van der Waals surface area contributed by atoms with Gasteiger partial charge in [0.1, 0.15) is 11.2 Å². The van der Waals surface area contributed by atoms with E-state index >= 15 is 0 Å². The Morgan fingerprint density at radius 1 is 0.667 bits per heavy atom. The smallest absolute Gasteiger partial charge is 0.270 e. The third-order valence-electron chi connectivity index (χ3n) is 4.82. The van der Waals surface area contributed by atoms with Crippen LogP contribution >= 0.6 is 0 Å². The Hall–Kier alpha value is -4.00. The summed E-state index contributed by atoms with van der Waals surface area (Å²) in [5, 5.41) is 26.9. The second-order valence-electron chi connectivity index (χ2n) is 6.31. The Balaban J connectivity index is 1.92. The van der Waals surface area contributed by atoms with E-state index in [0.717, 1.165) is 26.9 Å². The van der Waals surface area contributed by atoms with Crippen LogP contribution in [0.25, 0.3) is 43.5 Å². The molecule has 0 unspecified atom stereocenters. The highest BCUT2D eigenvalue weighted by atomic mass is 16.6. The van der Waals surface area contributed by atoms with Crippen molar-refractivity contribution in [1.29, 1.82) is 0 Å². The maximum absolute atomic E-state index is 11.1. The number of nitrogens with zero attached hydrogens (tertiary/aromatic N) is 2. The largest absolute Gasteiger partial charge is 0.455 e. The van der Waals surface area contributed by atoms with Crippen LogP contribution in [0.3, 0.4) is 0 Å². The molecule has 5 aromatic rings. The van der Waals surface area contributed by atoms with Crippen LogP contribution in [0.2, 0.25) is 0 Å². The van der Waals surface area contributed by atoms with Crippen LogP contribution in [-0.2, 0) is 0 Å². The molecule has 1 heterocycles. The summed E-state index contributed by atoms with van der Waals surface area (Å²) in [5.41, 5.74) is 1.22. The van der Waals surface area contributed by atoms with Crippen LogP contribution in [-0.4, -0.2) is 9.85 Å². The van der Waals surface area contributed by atoms with Crippen LogP contribution in [0.15, 0.2) is 65.1 Å². The molecular weight excluding hydrogens is 348 g/mol. The van der Waals surface area contributed by atoms with E-state index in [-0.39, 0.29) is 11.4 Å². The van der Waals surface area contributed by atoms with Crippen molar-refractivity contribution in [3.8, 4) is 0 Å². The van der Waals surface area contributed by atoms with Gasteiger partial charge in [-0.25, -0.2) is 0 Å². The van der Waals surface area contributed by atoms with Gasteiger partial charge in [-0.15, -0.1) is 0 Å². The molecule has 0 spiro atoms. The minimum atomic E-state index is -0.435. The van der Waals surface area contributed by atoms with Gasteiger partial charge >= 0.3 is 0 Å². The third kappa shape index (κ3) is 2.15. The lowest BCUT2D eigenvalue weighted by Gasteiger charge is -2.01. The lowest BCUT2D eigenvalue weighted by Crippen LogP contribution is -1.87. The number of hydrogen-bond donors (Lipinski definition) is 0. The summed E-state index contributed by atoms with van der Waals surface area (Å²) < 4.78 is 6.03. The molecule has 4 aromatic carbocycles. The first kappa shape index (κ1) is 15.3. The highest BCUT2D eigenvalue weighted by Gasteiger charge is 2.16. The van der Waals surface area contributed by atoms with E-state index in [4.69, 9.17) is 4.42 Å². The van der Waals surface area contributed by atoms with E-state index < -0.39 is 9.85 Å². The van der Waals surface area contributed by atoms with E-state index in [0.29, 0.717) is 16.6 Å². The molecule has 5 rings (SSSR count). The standard InChI is InChI=1S/C20H10N2O5/c23-21(24)13-5-7-15-12(9-13)3-8-18-19(15)16-6-2-11-1-4-14(22(25)26)10-17(11)20(16)27-18/h1-10H. The average molecular weight is 358 g/mol. The van der Waals surface area contributed by atoms with Gasteiger partial charge in [-0.3, -0.25) is 20.2 Å². The first-order valence-electron chi connectivity index (χ1n) is 8.13. The molecule has 0 bridgehead atoms. The fourth-order valence-electron chi connectivity index (χ4n) is 3.58. The van der Waals surface area contributed by atoms with Gasteiger partial charge in [0.15, 0.2) is 0 Å². The Kier molecular flexibility index (Phi) is 2.97. The van der Waals surface area contributed by atoms with Crippen molar-refractivity contribution in [3.63, 3.8) is 0 Å². The average Bonchev–Trinajstić information content (AvgIpc) is 3.06. The third-order valence-corrected chi connectivity index (χ3v) is 4.82. The summed E-state index contributed by atoms with van der Waals surface area (Å²) in [5.74, 6) is 0. The van der Waals surface area contributed by atoms with E-state index in [9.17, 15) is 20.2 Å². The van der Waals surface area contributed by atoms with Gasteiger partial charge in [-0.2, -0.15) is 0 Å². The first-order valence-corrected chi connectivity index (χ1v) is 8.13. The van der Waals surface area contributed by atoms with Crippen molar-refractivity contribution in [3.05, 3.63) is 80.9 Å². The Bertz CT molecular complexity index is 1430. The number of rotatable bonds is 2. The van der Waals surface area contributed by atoms with Gasteiger partial charge in [0.2, 0.25) is 0 Å². The molecule has 0 aliphatic heterocycles. The predicted octanol–water partition coefficient (Wildman–Crippen LogP) is 5.71. The maximum Gasteiger partial charge on any atom is 0.270 e. The van der Waals surface area contributed by atoms with Crippen molar-refractivity contribution in [2.75, 3.05) is 0 Å². The van der Waals surface area contributed by atoms with Crippen molar-refractivity contribution in [2.45, 2.75) is 0 Å². The van der Waals surface area contributed by atoms with Crippen molar-refractivity contribution in [2.24, 2.45) is 0 Å². The van der Waals surface area contributed by atoms with Crippen LogP contribution < -0.4 is 0 Å². The van der Waals surface area contributed by atoms with E-state index in [1.54, 1.807) is 24.3 Å². The SMILES string of the molecule is O=[N+]([O-])c1ccc2c(ccc3oc4c5cc([N+](=O)[O-])ccc5ccc4c32)c1. The summed E-state index contributed by atoms with van der Waals surface area (Å²) in [7, 11) is 0. The second kappa shape index (κ2) is 5.25. The van der Waals surface area contributed by atoms with Crippen molar-refractivity contribution >= 4 is 54.9 Å². The Morgan fingerprint density at radius 3 is 2.07 bits per heavy atom. The molecule has 1 aromatic heterocycles. The van der Waals surface area contributed by atoms with Crippen LogP contribution in [0.4, 0.5) is 11.4 Å². The summed E-state index contributed by atoms with van der Waals surface area (Å²) in [4.78, 5) is 21.3. The summed E-state index contributed by atoms with van der Waals surface area (Å²) in [6.45, 7) is 0. The van der Waals surface area contributed by atoms with E-state index in [2.05, 4.69) is 0 Å². The second-order valence-corrected chi connectivity index (χ2v) is 6.31. The van der Waals surface area contributed by atoms with Crippen LogP contribution in [0.5, 0.6) is 0 Å². The van der Waals surface area contributed by atoms with E-state index in [1.807, 2.05) is 12.1 Å². The molecule has 0 saturated carbocycles. The molecule has 0 saturated heterocycles. The highest BCUT2D eigenvalue weighted by molar-refractivity contribution is 6.23. The van der Waals surface area contributed by atoms with Gasteiger partial charge < -0.3 is 4.42 Å². The Morgan fingerprint density at radius 2 is 1.30 bits per heavy atom. The van der Waals surface area contributed by atoms with Gasteiger partial charge in [0.05, 0.1) is 9.85 Å². The number of benzene rings is 4. The van der Waals surface area contributed by atoms with Crippen LogP contribution in [0.1, 0.15) is 0 Å². The number of fused-ring (bicyclic) bond motifs is 7. The van der Waals surface area contributed by atoms with E-state index in [1.165, 1.54) is 24.3 Å². The van der Waals surface area contributed by atoms with Gasteiger partial charge in [-0.05, 0) is 40.4 Å². The molecule has 0 aliphatic rings.